The van der Waals surface area contributed by atoms with Gasteiger partial charge in [-0.15, -0.1) is 0 Å². The maximum Gasteiger partial charge on any atom is 0.326 e. The molecule has 0 aromatic heterocycles. The number of aliphatic carboxylic acids is 1. The Morgan fingerprint density at radius 3 is 2.31 bits per heavy atom. The molecule has 2 N–H and O–H groups in total. The third-order valence-electron chi connectivity index (χ3n) is 6.98. The van der Waals surface area contributed by atoms with Crippen LogP contribution in [0, 0.1) is 11.3 Å². The number of hydrogen-bond acceptors (Lipinski definition) is 6. The summed E-state index contributed by atoms with van der Waals surface area (Å²) < 4.78 is 28.0. The van der Waals surface area contributed by atoms with Gasteiger partial charge in [-0.25, -0.2) is 13.2 Å². The van der Waals surface area contributed by atoms with Gasteiger partial charge in [0.1, 0.15) is 12.1 Å². The molecule has 9 nitrogen and oxygen atoms in total. The molecule has 3 aromatic rings. The van der Waals surface area contributed by atoms with Crippen molar-refractivity contribution in [2.24, 2.45) is 0 Å². The van der Waals surface area contributed by atoms with Gasteiger partial charge in [-0.1, -0.05) is 60.7 Å². The van der Waals surface area contributed by atoms with Crippen LogP contribution in [-0.4, -0.2) is 73.4 Å². The van der Waals surface area contributed by atoms with Crippen LogP contribution >= 0.6 is 0 Å². The fourth-order valence-corrected chi connectivity index (χ4v) is 6.40. The number of carboxylic acids is 1. The number of likely N-dealkylation sites (N-methyl/N-ethyl adjacent to an activating group) is 1. The zero-order valence-electron chi connectivity index (χ0n) is 21.7. The van der Waals surface area contributed by atoms with Crippen LogP contribution in [-0.2, 0) is 26.0 Å². The summed E-state index contributed by atoms with van der Waals surface area (Å²) >= 11 is 0. The molecule has 1 aliphatic heterocycles. The second-order valence-corrected chi connectivity index (χ2v) is 11.6. The van der Waals surface area contributed by atoms with Crippen molar-refractivity contribution in [1.82, 2.24) is 14.5 Å². The van der Waals surface area contributed by atoms with Gasteiger partial charge < -0.3 is 15.3 Å². The first kappa shape index (κ1) is 28.0. The topological polar surface area (TPSA) is 131 Å². The van der Waals surface area contributed by atoms with E-state index >= 15 is 0 Å². The normalized spacial score (nSPS) is 18.4. The van der Waals surface area contributed by atoms with E-state index in [1.165, 1.54) is 16.4 Å². The highest BCUT2D eigenvalue weighted by Crippen LogP contribution is 2.29. The minimum Gasteiger partial charge on any atom is -0.480 e. The van der Waals surface area contributed by atoms with E-state index in [4.69, 9.17) is 0 Å². The van der Waals surface area contributed by atoms with Gasteiger partial charge in [-0.3, -0.25) is 4.79 Å². The maximum atomic E-state index is 13.4. The first-order chi connectivity index (χ1) is 18.6. The Balaban J connectivity index is 1.53. The smallest absolute Gasteiger partial charge is 0.326 e. The lowest BCUT2D eigenvalue weighted by molar-refractivity contribution is -0.142. The van der Waals surface area contributed by atoms with Crippen LogP contribution in [0.4, 0.5) is 0 Å². The highest BCUT2D eigenvalue weighted by molar-refractivity contribution is 7.89. The zero-order valence-corrected chi connectivity index (χ0v) is 22.5. The molecular formula is C29H30N4O5S. The minimum atomic E-state index is -3.98. The summed E-state index contributed by atoms with van der Waals surface area (Å²) in [4.78, 5) is 27.4. The van der Waals surface area contributed by atoms with Crippen LogP contribution < -0.4 is 5.32 Å². The Hall–Kier alpha value is -4.04. The van der Waals surface area contributed by atoms with E-state index in [-0.39, 0.29) is 30.3 Å². The van der Waals surface area contributed by atoms with E-state index in [1.807, 2.05) is 31.1 Å². The van der Waals surface area contributed by atoms with Crippen LogP contribution in [0.2, 0.25) is 0 Å². The summed E-state index contributed by atoms with van der Waals surface area (Å²) in [6, 6.07) is 21.9. The molecule has 1 aliphatic rings. The van der Waals surface area contributed by atoms with Crippen LogP contribution in [0.25, 0.3) is 11.1 Å². The number of carbonyl (C=O) groups is 2. The first-order valence-corrected chi connectivity index (χ1v) is 13.9. The standard InChI is InChI=1S/C29H30N4O5S/c1-32(2)23-17-27(33(19-23)39(37,38)24-9-4-3-5-10-24)28(34)31-26(29(35)36)16-20-12-14-21(15-13-20)25-11-7-6-8-22(25)18-30/h3-15,23,26-27H,16-17,19H2,1-2H3,(H,31,34)(H,35,36)/t23-,26?,27?/m1/s1. The lowest BCUT2D eigenvalue weighted by atomic mass is 9.97. The molecule has 0 spiro atoms. The van der Waals surface area contributed by atoms with E-state index in [1.54, 1.807) is 54.6 Å². The Morgan fingerprint density at radius 1 is 1.05 bits per heavy atom. The van der Waals surface area contributed by atoms with Gasteiger partial charge in [0.15, 0.2) is 0 Å². The van der Waals surface area contributed by atoms with Crippen molar-refractivity contribution in [2.45, 2.75) is 35.9 Å². The van der Waals surface area contributed by atoms with Crippen molar-refractivity contribution in [2.75, 3.05) is 20.6 Å². The second kappa shape index (κ2) is 11.8. The third-order valence-corrected chi connectivity index (χ3v) is 8.87. The number of nitrogens with one attached hydrogen (secondary N) is 1. The fraction of sp³-hybridized carbons (Fsp3) is 0.276. The van der Waals surface area contributed by atoms with Gasteiger partial charge in [0.2, 0.25) is 15.9 Å². The van der Waals surface area contributed by atoms with Gasteiger partial charge >= 0.3 is 5.97 Å². The van der Waals surface area contributed by atoms with Crippen molar-refractivity contribution >= 4 is 21.9 Å². The third kappa shape index (κ3) is 6.17. The molecule has 4 rings (SSSR count). The number of carbonyl (C=O) groups excluding carboxylic acids is 1. The van der Waals surface area contributed by atoms with Gasteiger partial charge in [0.25, 0.3) is 0 Å². The molecule has 3 aromatic carbocycles. The van der Waals surface area contributed by atoms with Gasteiger partial charge in [-0.05, 0) is 55.4 Å². The molecule has 1 heterocycles. The SMILES string of the molecule is CN(C)[C@@H]1CC(C(=O)NC(Cc2ccc(-c3ccccc3C#N)cc2)C(=O)O)N(S(=O)(=O)c2ccccc2)C1. The van der Waals surface area contributed by atoms with E-state index < -0.39 is 34.0 Å². The Bertz CT molecular complexity index is 1480. The molecule has 202 valence electrons. The number of nitrogens with zero attached hydrogens (tertiary/aromatic N) is 3. The van der Waals surface area contributed by atoms with Gasteiger partial charge in [0.05, 0.1) is 16.5 Å². The average Bonchev–Trinajstić information content (AvgIpc) is 3.41. The summed E-state index contributed by atoms with van der Waals surface area (Å²) in [5.74, 6) is -1.87. The van der Waals surface area contributed by atoms with Crippen LogP contribution in [0.15, 0.2) is 83.8 Å². The highest BCUT2D eigenvalue weighted by atomic mass is 32.2. The molecular weight excluding hydrogens is 516 g/mol. The van der Waals surface area contributed by atoms with Crippen molar-refractivity contribution in [3.8, 4) is 17.2 Å². The number of benzene rings is 3. The number of hydrogen-bond donors (Lipinski definition) is 2. The lowest BCUT2D eigenvalue weighted by Crippen LogP contribution is -2.51. The Morgan fingerprint density at radius 2 is 1.69 bits per heavy atom. The first-order valence-electron chi connectivity index (χ1n) is 12.5. The highest BCUT2D eigenvalue weighted by Gasteiger charge is 2.45. The number of rotatable bonds is 9. The molecule has 10 heteroatoms. The molecule has 3 atom stereocenters. The second-order valence-electron chi connectivity index (χ2n) is 9.71. The van der Waals surface area contributed by atoms with E-state index in [2.05, 4.69) is 11.4 Å². The predicted molar refractivity (Wildman–Crippen MR) is 146 cm³/mol. The summed E-state index contributed by atoms with van der Waals surface area (Å²) in [6.45, 7) is 0.117. The molecule has 0 aliphatic carbocycles. The molecule has 0 radical (unpaired) electrons. The molecule has 1 amide bonds. The average molecular weight is 547 g/mol. The number of amides is 1. The summed E-state index contributed by atoms with van der Waals surface area (Å²) in [5, 5.41) is 21.8. The fourth-order valence-electron chi connectivity index (χ4n) is 4.75. The van der Waals surface area contributed by atoms with Gasteiger partial charge in [0, 0.05) is 19.0 Å². The monoisotopic (exact) mass is 546 g/mol. The minimum absolute atomic E-state index is 0.0104. The summed E-state index contributed by atoms with van der Waals surface area (Å²) in [5.41, 5.74) is 2.79. The van der Waals surface area contributed by atoms with Crippen LogP contribution in [0.5, 0.6) is 0 Å². The van der Waals surface area contributed by atoms with Crippen molar-refractivity contribution in [3.63, 3.8) is 0 Å². The summed E-state index contributed by atoms with van der Waals surface area (Å²) in [6.07, 6.45) is 0.251. The number of sulfonamides is 1. The van der Waals surface area contributed by atoms with Crippen molar-refractivity contribution in [3.05, 3.63) is 90.0 Å². The maximum absolute atomic E-state index is 13.4. The quantitative estimate of drug-likeness (QED) is 0.422. The van der Waals surface area contributed by atoms with Gasteiger partial charge in [-0.2, -0.15) is 9.57 Å². The van der Waals surface area contributed by atoms with Crippen molar-refractivity contribution in [1.29, 1.82) is 5.26 Å². The molecule has 1 fully saturated rings. The van der Waals surface area contributed by atoms with Crippen LogP contribution in [0.3, 0.4) is 0 Å². The largest absolute Gasteiger partial charge is 0.480 e. The molecule has 39 heavy (non-hydrogen) atoms. The predicted octanol–water partition coefficient (Wildman–Crippen LogP) is 2.73. The zero-order chi connectivity index (χ0) is 28.2. The Labute approximate surface area is 228 Å². The van der Waals surface area contributed by atoms with Crippen LogP contribution in [0.1, 0.15) is 17.5 Å². The molecule has 2 unspecified atom stereocenters. The number of carboxylic acid groups (broad SMARTS) is 1. The summed E-state index contributed by atoms with van der Waals surface area (Å²) in [7, 11) is -0.343. The lowest BCUT2D eigenvalue weighted by Gasteiger charge is -2.25. The molecule has 1 saturated heterocycles. The Kier molecular flexibility index (Phi) is 8.45. The van der Waals surface area contributed by atoms with E-state index in [0.717, 1.165) is 11.1 Å². The molecule has 0 bridgehead atoms. The van der Waals surface area contributed by atoms with E-state index in [9.17, 15) is 28.4 Å². The molecule has 0 saturated carbocycles. The number of nitriles is 1. The van der Waals surface area contributed by atoms with E-state index in [0.29, 0.717) is 11.1 Å². The van der Waals surface area contributed by atoms with Crippen molar-refractivity contribution < 1.29 is 23.1 Å².